The van der Waals surface area contributed by atoms with Crippen molar-refractivity contribution < 1.29 is 37.3 Å². The van der Waals surface area contributed by atoms with Crippen molar-refractivity contribution in [2.24, 2.45) is 0 Å². The second-order valence-corrected chi connectivity index (χ2v) is 23.7. The number of esters is 1. The van der Waals surface area contributed by atoms with Gasteiger partial charge in [-0.05, 0) is 102 Å². The van der Waals surface area contributed by atoms with Gasteiger partial charge in [0.15, 0.2) is 0 Å². The molecule has 0 spiro atoms. The predicted octanol–water partition coefficient (Wildman–Crippen LogP) is 19.4. The van der Waals surface area contributed by atoms with Crippen LogP contribution in [0, 0.1) is 0 Å². The zero-order valence-corrected chi connectivity index (χ0v) is 51.1. The van der Waals surface area contributed by atoms with Crippen molar-refractivity contribution in [3.63, 3.8) is 0 Å². The molecule has 0 aromatic carbocycles. The van der Waals surface area contributed by atoms with Gasteiger partial charge in [-0.25, -0.2) is 4.57 Å². The fourth-order valence-electron chi connectivity index (χ4n) is 8.68. The van der Waals surface area contributed by atoms with Crippen LogP contribution in [0.1, 0.15) is 271 Å². The maximum absolute atomic E-state index is 13.5. The number of quaternary nitrogens is 1. The summed E-state index contributed by atoms with van der Waals surface area (Å²) < 4.78 is 30.6. The van der Waals surface area contributed by atoms with E-state index in [-0.39, 0.29) is 31.5 Å². The van der Waals surface area contributed by atoms with E-state index in [1.807, 2.05) is 33.3 Å². The number of nitrogens with one attached hydrogen (secondary N) is 1. The molecule has 2 N–H and O–H groups in total. The highest BCUT2D eigenvalue weighted by molar-refractivity contribution is 7.47. The topological polar surface area (TPSA) is 111 Å². The molecule has 0 aliphatic rings. The predicted molar refractivity (Wildman–Crippen MR) is 328 cm³/mol. The monoisotopic (exact) mass is 1080 g/mol. The maximum atomic E-state index is 13.5. The first-order chi connectivity index (χ1) is 36.9. The van der Waals surface area contributed by atoms with Crippen LogP contribution in [0.3, 0.4) is 0 Å². The van der Waals surface area contributed by atoms with Crippen LogP contribution in [-0.2, 0) is 27.9 Å². The SMILES string of the molecule is CCCCC/C=C\C/C=C\C/C=C\C/C=C\CCCCCCCCCC(=O)OC(/C=C\CCCCCCCCCCC)C(COP(=O)(O)OCC[N+](C)(C)C)NC(=O)CCCCC/C=C/C=C/CCCCCCCCC. The van der Waals surface area contributed by atoms with Gasteiger partial charge in [-0.15, -0.1) is 0 Å². The van der Waals surface area contributed by atoms with E-state index >= 15 is 0 Å². The lowest BCUT2D eigenvalue weighted by Crippen LogP contribution is -2.47. The molecule has 3 atom stereocenters. The minimum atomic E-state index is -4.46. The summed E-state index contributed by atoms with van der Waals surface area (Å²) in [5.41, 5.74) is 0. The third-order valence-electron chi connectivity index (χ3n) is 13.6. The number of phosphoric ester groups is 1. The Morgan fingerprint density at radius 2 is 0.842 bits per heavy atom. The highest BCUT2D eigenvalue weighted by atomic mass is 31.2. The number of unbranched alkanes of at least 4 members (excludes halogenated alkanes) is 29. The van der Waals surface area contributed by atoms with Crippen molar-refractivity contribution in [2.75, 3.05) is 40.9 Å². The lowest BCUT2D eigenvalue weighted by Gasteiger charge is -2.27. The molecule has 440 valence electrons. The zero-order chi connectivity index (χ0) is 55.7. The van der Waals surface area contributed by atoms with Gasteiger partial charge in [0.05, 0.1) is 33.8 Å². The van der Waals surface area contributed by atoms with Gasteiger partial charge < -0.3 is 19.4 Å². The second-order valence-electron chi connectivity index (χ2n) is 22.3. The molecule has 0 bridgehead atoms. The van der Waals surface area contributed by atoms with Gasteiger partial charge >= 0.3 is 13.8 Å². The van der Waals surface area contributed by atoms with E-state index in [1.54, 1.807) is 0 Å². The number of hydrogen-bond donors (Lipinski definition) is 2. The van der Waals surface area contributed by atoms with E-state index in [2.05, 4.69) is 99.0 Å². The molecule has 3 unspecified atom stereocenters. The van der Waals surface area contributed by atoms with Gasteiger partial charge in [0.2, 0.25) is 5.91 Å². The molecule has 0 fully saturated rings. The fourth-order valence-corrected chi connectivity index (χ4v) is 9.41. The second kappa shape index (κ2) is 55.5. The van der Waals surface area contributed by atoms with Crippen molar-refractivity contribution >= 4 is 19.7 Å². The van der Waals surface area contributed by atoms with Crippen LogP contribution in [0.2, 0.25) is 0 Å². The van der Waals surface area contributed by atoms with Gasteiger partial charge in [0, 0.05) is 12.8 Å². The summed E-state index contributed by atoms with van der Waals surface area (Å²) >= 11 is 0. The third kappa shape index (κ3) is 55.9. The van der Waals surface area contributed by atoms with Crippen molar-refractivity contribution in [3.8, 4) is 0 Å². The van der Waals surface area contributed by atoms with Crippen molar-refractivity contribution in [2.45, 2.75) is 283 Å². The summed E-state index contributed by atoms with van der Waals surface area (Å²) in [5.74, 6) is -0.549. The van der Waals surface area contributed by atoms with Gasteiger partial charge in [-0.1, -0.05) is 241 Å². The van der Waals surface area contributed by atoms with Crippen LogP contribution in [-0.4, -0.2) is 74.3 Å². The van der Waals surface area contributed by atoms with Gasteiger partial charge in [0.1, 0.15) is 19.3 Å². The molecule has 0 aliphatic carbocycles. The van der Waals surface area contributed by atoms with Crippen LogP contribution < -0.4 is 5.32 Å². The molecule has 9 nitrogen and oxygen atoms in total. The number of nitrogens with zero attached hydrogens (tertiary/aromatic N) is 1. The molecule has 0 saturated carbocycles. The Bertz CT molecular complexity index is 1580. The summed E-state index contributed by atoms with van der Waals surface area (Å²) in [5, 5.41) is 3.03. The van der Waals surface area contributed by atoms with Gasteiger partial charge in [-0.3, -0.25) is 18.6 Å². The largest absolute Gasteiger partial charge is 0.472 e. The zero-order valence-electron chi connectivity index (χ0n) is 50.2. The third-order valence-corrected chi connectivity index (χ3v) is 14.6. The molecule has 1 amide bonds. The molecule has 0 rings (SSSR count). The highest BCUT2D eigenvalue weighted by Gasteiger charge is 2.30. The lowest BCUT2D eigenvalue weighted by molar-refractivity contribution is -0.870. The first-order valence-electron chi connectivity index (χ1n) is 31.4. The number of likely N-dealkylation sites (N-methyl/N-ethyl adjacent to an activating group) is 1. The number of amides is 1. The number of rotatable bonds is 56. The van der Waals surface area contributed by atoms with Crippen molar-refractivity contribution in [1.82, 2.24) is 5.32 Å². The Hall–Kier alpha value is -2.81. The normalized spacial score (nSPS) is 14.2. The Morgan fingerprint density at radius 1 is 0.474 bits per heavy atom. The van der Waals surface area contributed by atoms with Gasteiger partial charge in [0.25, 0.3) is 0 Å². The van der Waals surface area contributed by atoms with Crippen molar-refractivity contribution in [3.05, 3.63) is 85.1 Å². The van der Waals surface area contributed by atoms with Crippen molar-refractivity contribution in [1.29, 1.82) is 0 Å². The molecule has 0 aliphatic heterocycles. The summed E-state index contributed by atoms with van der Waals surface area (Å²) in [7, 11) is 1.46. The van der Waals surface area contributed by atoms with Crippen LogP contribution in [0.25, 0.3) is 0 Å². The number of carbonyl (C=O) groups excluding carboxylic acids is 2. The molecule has 0 aromatic rings. The maximum Gasteiger partial charge on any atom is 0.472 e. The summed E-state index contributed by atoms with van der Waals surface area (Å²) in [6.07, 6.45) is 73.0. The summed E-state index contributed by atoms with van der Waals surface area (Å²) in [6.45, 7) is 6.94. The molecule has 10 heteroatoms. The first kappa shape index (κ1) is 73.2. The van der Waals surface area contributed by atoms with E-state index < -0.39 is 20.0 Å². The highest BCUT2D eigenvalue weighted by Crippen LogP contribution is 2.43. The Kier molecular flexibility index (Phi) is 53.5. The van der Waals surface area contributed by atoms with Gasteiger partial charge in [-0.2, -0.15) is 0 Å². The molecule has 0 heterocycles. The van der Waals surface area contributed by atoms with Crippen LogP contribution in [0.5, 0.6) is 0 Å². The molecule has 0 aromatic heterocycles. The van der Waals surface area contributed by atoms with E-state index in [1.165, 1.54) is 135 Å². The first-order valence-corrected chi connectivity index (χ1v) is 32.9. The number of allylic oxidation sites excluding steroid dienone is 13. The number of phosphoric acid groups is 1. The van der Waals surface area contributed by atoms with E-state index in [0.29, 0.717) is 23.9 Å². The summed E-state index contributed by atoms with van der Waals surface area (Å²) in [6, 6.07) is -0.870. The smallest absolute Gasteiger partial charge is 0.456 e. The Labute approximate surface area is 469 Å². The van der Waals surface area contributed by atoms with E-state index in [0.717, 1.165) is 96.3 Å². The van der Waals surface area contributed by atoms with Crippen LogP contribution >= 0.6 is 7.82 Å². The van der Waals surface area contributed by atoms with Crippen LogP contribution in [0.15, 0.2) is 85.1 Å². The molecular weight excluding hydrogens is 964 g/mol. The lowest BCUT2D eigenvalue weighted by atomic mass is 10.1. The molecule has 76 heavy (non-hydrogen) atoms. The minimum absolute atomic E-state index is 0.0300. The van der Waals surface area contributed by atoms with E-state index in [4.69, 9.17) is 13.8 Å². The summed E-state index contributed by atoms with van der Waals surface area (Å²) in [4.78, 5) is 37.7. The Balaban J connectivity index is 5.25. The quantitative estimate of drug-likeness (QED) is 0.0156. The Morgan fingerprint density at radius 3 is 1.32 bits per heavy atom. The number of carbonyl (C=O) groups is 2. The van der Waals surface area contributed by atoms with Crippen LogP contribution in [0.4, 0.5) is 0 Å². The molecule has 0 saturated heterocycles. The number of ether oxygens (including phenoxy) is 1. The average Bonchev–Trinajstić information content (AvgIpc) is 3.38. The molecule has 0 radical (unpaired) electrons. The number of hydrogen-bond acceptors (Lipinski definition) is 6. The molecular formula is C66H120N2O7P+. The van der Waals surface area contributed by atoms with E-state index in [9.17, 15) is 19.0 Å². The fraction of sp³-hybridized carbons (Fsp3) is 0.758. The standard InChI is InChI=1S/C66H119N2O7P/c1-7-10-13-16-19-22-25-27-29-31-32-33-34-35-36-37-39-41-44-47-50-53-56-59-66(70)75-64(57-54-51-48-45-42-24-21-18-15-12-9-3)63(62-74-76(71,72)73-61-60-68(4,5)6)67-65(69)58-55-52-49-46-43-40-38-30-28-26-23-20-17-14-11-8-2/h19,22,27,29-30,32-33,35-36,38,40,43,54,57,63-64H,7-18,20-21,23-26,28,31,34,37,39,41-42,44-53,55-56,58-62H2,1-6H3,(H-,67,69,71,72)/p+1/b22-19-,29-27-,33-32-,36-35-,38-30+,43-40+,57-54-. The minimum Gasteiger partial charge on any atom is -0.456 e. The average molecular weight is 1080 g/mol.